The number of anilines is 1. The van der Waals surface area contributed by atoms with E-state index in [-0.39, 0.29) is 25.5 Å². The van der Waals surface area contributed by atoms with Gasteiger partial charge in [-0.05, 0) is 17.7 Å². The van der Waals surface area contributed by atoms with Crippen molar-refractivity contribution in [3.63, 3.8) is 0 Å². The third kappa shape index (κ3) is 3.93. The van der Waals surface area contributed by atoms with Crippen molar-refractivity contribution in [1.29, 1.82) is 0 Å². The van der Waals surface area contributed by atoms with E-state index in [2.05, 4.69) is 9.84 Å². The minimum absolute atomic E-state index is 0.00440. The first-order chi connectivity index (χ1) is 12.5. The van der Waals surface area contributed by atoms with Crippen molar-refractivity contribution in [2.75, 3.05) is 11.4 Å². The molecule has 1 N–H and O–H groups in total. The average molecular weight is 395 g/mol. The van der Waals surface area contributed by atoms with E-state index < -0.39 is 35.5 Å². The minimum Gasteiger partial charge on any atom is -0.477 e. The van der Waals surface area contributed by atoms with Crippen LogP contribution in [0.2, 0.25) is 0 Å². The summed E-state index contributed by atoms with van der Waals surface area (Å²) in [5.74, 6) is -2.39. The van der Waals surface area contributed by atoms with Crippen LogP contribution in [0.5, 0.6) is 5.75 Å². The van der Waals surface area contributed by atoms with Crippen LogP contribution < -0.4 is 9.64 Å². The number of fused-ring (bicyclic) bond motifs is 1. The van der Waals surface area contributed by atoms with Gasteiger partial charge in [-0.15, -0.1) is 13.2 Å². The molecule has 6 nitrogen and oxygen atoms in total. The molecule has 12 heteroatoms. The average Bonchev–Trinajstić information content (AvgIpc) is 3.07. The first-order valence-corrected chi connectivity index (χ1v) is 7.46. The lowest BCUT2D eigenvalue weighted by molar-refractivity contribution is -0.274. The fourth-order valence-electron chi connectivity index (χ4n) is 2.82. The molecule has 1 aliphatic rings. The van der Waals surface area contributed by atoms with E-state index in [0.29, 0.717) is 5.56 Å². The maximum Gasteiger partial charge on any atom is 0.573 e. The van der Waals surface area contributed by atoms with Gasteiger partial charge in [-0.3, -0.25) is 0 Å². The number of alkyl halides is 6. The third-order valence-electron chi connectivity index (χ3n) is 3.82. The van der Waals surface area contributed by atoms with Gasteiger partial charge in [0.05, 0.1) is 6.54 Å². The normalized spacial score (nSPS) is 14.4. The Morgan fingerprint density at radius 3 is 2.26 bits per heavy atom. The lowest BCUT2D eigenvalue weighted by Crippen LogP contribution is -2.23. The first-order valence-electron chi connectivity index (χ1n) is 7.46. The van der Waals surface area contributed by atoms with E-state index in [1.807, 2.05) is 0 Å². The molecule has 0 radical (unpaired) electrons. The number of nitrogens with zero attached hydrogens (tertiary/aromatic N) is 3. The zero-order chi connectivity index (χ0) is 20.0. The molecule has 1 aromatic heterocycles. The molecule has 0 bridgehead atoms. The summed E-state index contributed by atoms with van der Waals surface area (Å²) in [6, 6.07) is 4.75. The summed E-state index contributed by atoms with van der Waals surface area (Å²) in [5.41, 5.74) is -1.97. The van der Waals surface area contributed by atoms with Crippen LogP contribution in [0.1, 0.15) is 21.6 Å². The summed E-state index contributed by atoms with van der Waals surface area (Å²) in [6.07, 6.45) is -9.76. The predicted octanol–water partition coefficient (Wildman–Crippen LogP) is 3.52. The number of benzene rings is 1. The van der Waals surface area contributed by atoms with Crippen LogP contribution in [-0.2, 0) is 19.3 Å². The fraction of sp³-hybridized carbons (Fsp3) is 0.333. The zero-order valence-electron chi connectivity index (χ0n) is 13.3. The van der Waals surface area contributed by atoms with Gasteiger partial charge in [-0.1, -0.05) is 12.1 Å². The van der Waals surface area contributed by atoms with Crippen LogP contribution >= 0.6 is 0 Å². The highest BCUT2D eigenvalue weighted by atomic mass is 19.4. The van der Waals surface area contributed by atoms with Gasteiger partial charge in [0.15, 0.2) is 5.69 Å². The number of ether oxygens (including phenoxy) is 1. The van der Waals surface area contributed by atoms with Crippen molar-refractivity contribution in [2.24, 2.45) is 0 Å². The zero-order valence-corrected chi connectivity index (χ0v) is 13.3. The quantitative estimate of drug-likeness (QED) is 0.803. The van der Waals surface area contributed by atoms with Gasteiger partial charge in [0, 0.05) is 13.1 Å². The second-order valence-corrected chi connectivity index (χ2v) is 5.69. The van der Waals surface area contributed by atoms with Gasteiger partial charge in [0.2, 0.25) is 0 Å². The maximum atomic E-state index is 13.0. The van der Waals surface area contributed by atoms with Crippen molar-refractivity contribution in [3.05, 3.63) is 41.1 Å². The smallest absolute Gasteiger partial charge is 0.477 e. The number of halogens is 6. The second kappa shape index (κ2) is 6.35. The SMILES string of the molecule is O=C(O)c1c(C(F)(F)F)nn2c1N(Cc1ccc(OC(F)(F)F)cc1)CC2. The Balaban J connectivity index is 1.86. The topological polar surface area (TPSA) is 67.6 Å². The molecular weight excluding hydrogens is 384 g/mol. The van der Waals surface area contributed by atoms with Crippen LogP contribution in [0.3, 0.4) is 0 Å². The number of carboxylic acid groups (broad SMARTS) is 1. The molecule has 2 heterocycles. The molecule has 2 aromatic rings. The predicted molar refractivity (Wildman–Crippen MR) is 78.4 cm³/mol. The van der Waals surface area contributed by atoms with E-state index in [9.17, 15) is 36.2 Å². The Morgan fingerprint density at radius 2 is 1.74 bits per heavy atom. The van der Waals surface area contributed by atoms with Gasteiger partial charge < -0.3 is 14.7 Å². The van der Waals surface area contributed by atoms with Gasteiger partial charge in [-0.2, -0.15) is 18.3 Å². The summed E-state index contributed by atoms with van der Waals surface area (Å²) < 4.78 is 80.3. The van der Waals surface area contributed by atoms with E-state index in [0.717, 1.165) is 16.8 Å². The molecule has 27 heavy (non-hydrogen) atoms. The number of aromatic nitrogens is 2. The Labute approximate surface area is 147 Å². The Bertz CT molecular complexity index is 857. The number of hydrogen-bond acceptors (Lipinski definition) is 4. The van der Waals surface area contributed by atoms with Crippen LogP contribution in [0.4, 0.5) is 32.2 Å². The van der Waals surface area contributed by atoms with Crippen LogP contribution in [-0.4, -0.2) is 33.8 Å². The molecule has 0 unspecified atom stereocenters. The lowest BCUT2D eigenvalue weighted by atomic mass is 10.1. The van der Waals surface area contributed by atoms with Crippen LogP contribution in [0, 0.1) is 0 Å². The van der Waals surface area contributed by atoms with Crippen molar-refractivity contribution < 1.29 is 41.0 Å². The van der Waals surface area contributed by atoms with E-state index >= 15 is 0 Å². The molecule has 0 spiro atoms. The van der Waals surface area contributed by atoms with Crippen molar-refractivity contribution >= 4 is 11.8 Å². The first kappa shape index (κ1) is 18.9. The highest BCUT2D eigenvalue weighted by Gasteiger charge is 2.44. The van der Waals surface area contributed by atoms with Crippen LogP contribution in [0.15, 0.2) is 24.3 Å². The molecule has 0 atom stereocenters. The Hall–Kier alpha value is -2.92. The highest BCUT2D eigenvalue weighted by molar-refractivity contribution is 5.95. The molecule has 0 saturated carbocycles. The number of carbonyl (C=O) groups is 1. The summed E-state index contributed by atoms with van der Waals surface area (Å²) in [6.45, 7) is 0.262. The molecule has 0 saturated heterocycles. The monoisotopic (exact) mass is 395 g/mol. The minimum atomic E-state index is -4.92. The number of carboxylic acids is 1. The molecule has 0 fully saturated rings. The van der Waals surface area contributed by atoms with Gasteiger partial charge in [0.1, 0.15) is 17.1 Å². The number of aromatic carboxylic acids is 1. The Kier molecular flexibility index (Phi) is 4.44. The molecule has 146 valence electrons. The Morgan fingerprint density at radius 1 is 1.11 bits per heavy atom. The largest absolute Gasteiger partial charge is 0.573 e. The van der Waals surface area contributed by atoms with E-state index in [1.165, 1.54) is 17.0 Å². The summed E-state index contributed by atoms with van der Waals surface area (Å²) in [4.78, 5) is 12.7. The van der Waals surface area contributed by atoms with Gasteiger partial charge in [0.25, 0.3) is 0 Å². The standard InChI is InChI=1S/C15H11F6N3O3/c16-14(17,18)11-10(13(25)26)12-23(5-6-24(12)22-11)7-8-1-3-9(4-2-8)27-15(19,20)21/h1-4H,5-7H2,(H,25,26). The maximum absolute atomic E-state index is 13.0. The van der Waals surface area contributed by atoms with E-state index in [1.54, 1.807) is 0 Å². The molecule has 0 amide bonds. The molecular formula is C15H11F6N3O3. The summed E-state index contributed by atoms with van der Waals surface area (Å²) >= 11 is 0. The van der Waals surface area contributed by atoms with E-state index in [4.69, 9.17) is 0 Å². The molecule has 0 aliphatic carbocycles. The number of rotatable bonds is 4. The van der Waals surface area contributed by atoms with Gasteiger partial charge >= 0.3 is 18.5 Å². The van der Waals surface area contributed by atoms with Gasteiger partial charge in [-0.25, -0.2) is 9.48 Å². The second-order valence-electron chi connectivity index (χ2n) is 5.69. The summed E-state index contributed by atoms with van der Waals surface area (Å²) in [5, 5.41) is 12.6. The molecule has 1 aromatic carbocycles. The third-order valence-corrected chi connectivity index (χ3v) is 3.82. The van der Waals surface area contributed by atoms with Crippen molar-refractivity contribution in [2.45, 2.75) is 25.6 Å². The highest BCUT2D eigenvalue weighted by Crippen LogP contribution is 2.38. The lowest BCUT2D eigenvalue weighted by Gasteiger charge is -2.19. The summed E-state index contributed by atoms with van der Waals surface area (Å²) in [7, 11) is 0. The van der Waals surface area contributed by atoms with Crippen molar-refractivity contribution in [1.82, 2.24) is 9.78 Å². The molecule has 3 rings (SSSR count). The van der Waals surface area contributed by atoms with Crippen molar-refractivity contribution in [3.8, 4) is 5.75 Å². The fourth-order valence-corrected chi connectivity index (χ4v) is 2.82. The van der Waals surface area contributed by atoms with Crippen LogP contribution in [0.25, 0.3) is 0 Å². The molecule has 1 aliphatic heterocycles. The number of hydrogen-bond donors (Lipinski definition) is 1.